The number of hydrogen-bond donors (Lipinski definition) is 7. The molecule has 32 nitrogen and oxygen atoms in total. The number of imide groups is 1. The number of benzene rings is 2. The van der Waals surface area contributed by atoms with E-state index >= 15 is 0 Å². The number of nitrogens with one attached hydrogen (secondary N) is 5. The van der Waals surface area contributed by atoms with Crippen LogP contribution < -0.4 is 42.6 Å². The maximum absolute atomic E-state index is 14.2. The second kappa shape index (κ2) is 34.1. The summed E-state index contributed by atoms with van der Waals surface area (Å²) in [6.45, 7) is 9.81. The van der Waals surface area contributed by atoms with Crippen LogP contribution in [0.2, 0.25) is 0 Å². The molecule has 8 rings (SSSR count). The summed E-state index contributed by atoms with van der Waals surface area (Å²) in [4.78, 5) is 152. The molecular weight excluding hydrogens is 1260 g/mol. The summed E-state index contributed by atoms with van der Waals surface area (Å²) in [5.41, 5.74) is 7.06. The van der Waals surface area contributed by atoms with Crippen molar-refractivity contribution in [3.8, 4) is 17.1 Å². The van der Waals surface area contributed by atoms with Gasteiger partial charge in [0.2, 0.25) is 11.8 Å². The molecule has 1 fully saturated rings. The van der Waals surface area contributed by atoms with Crippen LogP contribution in [0.5, 0.6) is 5.75 Å². The van der Waals surface area contributed by atoms with Crippen LogP contribution in [0.25, 0.3) is 22.3 Å². The summed E-state index contributed by atoms with van der Waals surface area (Å²) in [6.07, 6.45) is 0.00958. The minimum atomic E-state index is -2.04. The summed E-state index contributed by atoms with van der Waals surface area (Å²) in [5.74, 6) is -3.40. The number of likely N-dealkylation sites (N-methyl/N-ethyl adjacent to an activating group) is 1. The maximum atomic E-state index is 14.2. The third-order valence-electron chi connectivity index (χ3n) is 16.2. The number of ether oxygens (including phenoxy) is 8. The Bertz CT molecular complexity index is 3590. The number of amides is 10. The number of aromatic nitrogens is 2. The van der Waals surface area contributed by atoms with Crippen molar-refractivity contribution >= 4 is 76.6 Å². The SMILES string of the molecule is CCc1c2c(nc3ccc(OC(=O)N(CCOCCOC(=O)NCCN4CCOCC4)CCN(C)C(=O)OCc4ccc(NC(=O)[C@H](CCCNC(N)=O)NC(=O)[C@@H](NC(=O)OCCOCCN5C(=O)C=CC5=O)C(C)C)cc4)cc13)-c1cc3c(c(=O)n1C2)COC(=O)C3(C)O. The number of rotatable bonds is 32. The number of fused-ring (bicyclic) bond motifs is 5. The number of carbonyl (C=O) groups is 10. The number of nitrogens with two attached hydrogens (primary N) is 1. The lowest BCUT2D eigenvalue weighted by Crippen LogP contribution is -2.54. The van der Waals surface area contributed by atoms with Crippen LogP contribution in [-0.4, -0.2) is 225 Å². The van der Waals surface area contributed by atoms with Gasteiger partial charge in [0.1, 0.15) is 44.3 Å². The van der Waals surface area contributed by atoms with E-state index in [1.807, 2.05) is 6.92 Å². The number of cyclic esters (lactones) is 1. The average molecular weight is 1340 g/mol. The van der Waals surface area contributed by atoms with Gasteiger partial charge in [0.15, 0.2) is 5.60 Å². The van der Waals surface area contributed by atoms with E-state index in [1.165, 1.54) is 23.8 Å². The molecule has 8 N–H and O–H groups in total. The van der Waals surface area contributed by atoms with E-state index in [2.05, 4.69) is 31.5 Å². The summed E-state index contributed by atoms with van der Waals surface area (Å²) >= 11 is 0. The summed E-state index contributed by atoms with van der Waals surface area (Å²) in [7, 11) is 1.48. The molecule has 4 aromatic rings. The van der Waals surface area contributed by atoms with Crippen LogP contribution in [0.15, 0.2) is 65.5 Å². The van der Waals surface area contributed by atoms with Gasteiger partial charge in [-0.05, 0) is 79.6 Å². The van der Waals surface area contributed by atoms with E-state index in [-0.39, 0.29) is 122 Å². The predicted octanol–water partition coefficient (Wildman–Crippen LogP) is 1.96. The fraction of sp³-hybridized carbons (Fsp3) is 0.500. The van der Waals surface area contributed by atoms with Crippen LogP contribution in [0.4, 0.5) is 29.7 Å². The first-order chi connectivity index (χ1) is 46.0. The van der Waals surface area contributed by atoms with Crippen molar-refractivity contribution in [2.45, 2.75) is 84.4 Å². The summed E-state index contributed by atoms with van der Waals surface area (Å²) in [5, 5.41) is 24.9. The monoisotopic (exact) mass is 1340 g/mol. The lowest BCUT2D eigenvalue weighted by atomic mass is 9.89. The second-order valence-corrected chi connectivity index (χ2v) is 23.3. The molecule has 518 valence electrons. The van der Waals surface area contributed by atoms with Crippen molar-refractivity contribution in [3.63, 3.8) is 0 Å². The molecule has 4 aliphatic heterocycles. The quantitative estimate of drug-likeness (QED) is 0.0140. The molecule has 96 heavy (non-hydrogen) atoms. The van der Waals surface area contributed by atoms with Gasteiger partial charge in [-0.15, -0.1) is 0 Å². The highest BCUT2D eigenvalue weighted by atomic mass is 16.6. The Kier molecular flexibility index (Phi) is 25.6. The molecule has 10 amide bonds. The molecule has 3 atom stereocenters. The molecule has 0 radical (unpaired) electrons. The average Bonchev–Trinajstić information content (AvgIpc) is 1.53. The fourth-order valence-electron chi connectivity index (χ4n) is 10.9. The number of carbonyl (C=O) groups excluding carboxylic acids is 10. The topological polar surface area (TPSA) is 399 Å². The van der Waals surface area contributed by atoms with Crippen LogP contribution in [0.3, 0.4) is 0 Å². The number of hydrogen-bond acceptors (Lipinski definition) is 22. The number of anilines is 1. The van der Waals surface area contributed by atoms with Crippen LogP contribution in [0, 0.1) is 5.92 Å². The number of morpholine rings is 1. The van der Waals surface area contributed by atoms with Gasteiger partial charge in [0.25, 0.3) is 17.4 Å². The van der Waals surface area contributed by atoms with Gasteiger partial charge < -0.3 is 89.7 Å². The van der Waals surface area contributed by atoms with Gasteiger partial charge in [-0.25, -0.2) is 33.8 Å². The highest BCUT2D eigenvalue weighted by Crippen LogP contribution is 2.40. The fourth-order valence-corrected chi connectivity index (χ4v) is 10.9. The first kappa shape index (κ1) is 72.1. The van der Waals surface area contributed by atoms with E-state index in [0.29, 0.717) is 66.3 Å². The number of urea groups is 1. The Labute approximate surface area is 552 Å². The van der Waals surface area contributed by atoms with Crippen molar-refractivity contribution in [2.75, 3.05) is 124 Å². The zero-order valence-corrected chi connectivity index (χ0v) is 54.2. The lowest BCUT2D eigenvalue weighted by Gasteiger charge is -2.29. The van der Waals surface area contributed by atoms with Crippen molar-refractivity contribution in [3.05, 3.63) is 98.9 Å². The smallest absolute Gasteiger partial charge is 0.415 e. The largest absolute Gasteiger partial charge is 0.458 e. The third-order valence-corrected chi connectivity index (χ3v) is 16.2. The number of esters is 1. The minimum absolute atomic E-state index is 0.00718. The summed E-state index contributed by atoms with van der Waals surface area (Å²) in [6, 6.07) is 9.79. The molecule has 32 heteroatoms. The molecule has 2 aromatic heterocycles. The van der Waals surface area contributed by atoms with Crippen LogP contribution in [0.1, 0.15) is 68.4 Å². The Morgan fingerprint density at radius 1 is 0.781 bits per heavy atom. The van der Waals surface area contributed by atoms with E-state index in [0.717, 1.165) is 41.3 Å². The minimum Gasteiger partial charge on any atom is -0.458 e. The van der Waals surface area contributed by atoms with Gasteiger partial charge in [0.05, 0.1) is 75.2 Å². The molecule has 2 aromatic carbocycles. The van der Waals surface area contributed by atoms with E-state index < -0.39 is 89.2 Å². The Balaban J connectivity index is 0.849. The van der Waals surface area contributed by atoms with Crippen molar-refractivity contribution < 1.29 is 90.9 Å². The van der Waals surface area contributed by atoms with Gasteiger partial charge in [-0.2, -0.15) is 0 Å². The molecule has 4 aliphatic rings. The molecule has 0 bridgehead atoms. The van der Waals surface area contributed by atoms with Gasteiger partial charge in [-0.1, -0.05) is 32.9 Å². The second-order valence-electron chi connectivity index (χ2n) is 23.3. The molecule has 0 saturated carbocycles. The van der Waals surface area contributed by atoms with Gasteiger partial charge in [-0.3, -0.25) is 33.8 Å². The first-order valence-corrected chi connectivity index (χ1v) is 31.6. The molecule has 1 saturated heterocycles. The number of aryl methyl sites for hydroxylation is 1. The Hall–Kier alpha value is -9.76. The maximum Gasteiger partial charge on any atom is 0.415 e. The Morgan fingerprint density at radius 3 is 2.19 bits per heavy atom. The van der Waals surface area contributed by atoms with Gasteiger partial charge >= 0.3 is 36.4 Å². The first-order valence-electron chi connectivity index (χ1n) is 31.6. The molecule has 6 heterocycles. The molecular formula is C64H82N12O20. The normalized spacial score (nSPS) is 16.2. The predicted molar refractivity (Wildman–Crippen MR) is 341 cm³/mol. The molecule has 1 unspecified atom stereocenters. The zero-order valence-electron chi connectivity index (χ0n) is 54.2. The Morgan fingerprint density at radius 2 is 1.49 bits per heavy atom. The van der Waals surface area contributed by atoms with Crippen LogP contribution >= 0.6 is 0 Å². The number of pyridine rings is 2. The van der Waals surface area contributed by atoms with Gasteiger partial charge in [0, 0.05) is 93.8 Å². The third kappa shape index (κ3) is 19.2. The highest BCUT2D eigenvalue weighted by Gasteiger charge is 2.43. The van der Waals surface area contributed by atoms with E-state index in [4.69, 9.17) is 48.6 Å². The van der Waals surface area contributed by atoms with Crippen LogP contribution in [-0.2, 0) is 88.9 Å². The van der Waals surface area contributed by atoms with E-state index in [1.54, 1.807) is 66.9 Å². The zero-order chi connectivity index (χ0) is 69.1. The number of nitrogens with zero attached hydrogens (tertiary/aromatic N) is 6. The molecule has 0 aliphatic carbocycles. The lowest BCUT2D eigenvalue weighted by molar-refractivity contribution is -0.169. The van der Waals surface area contributed by atoms with Crippen molar-refractivity contribution in [2.24, 2.45) is 11.7 Å². The number of primary amides is 1. The number of alkyl carbamates (subject to hydrolysis) is 2. The van der Waals surface area contributed by atoms with Crippen molar-refractivity contribution in [1.29, 1.82) is 0 Å². The highest BCUT2D eigenvalue weighted by molar-refractivity contribution is 6.12. The summed E-state index contributed by atoms with van der Waals surface area (Å²) < 4.78 is 45.3. The molecule has 0 spiro atoms. The van der Waals surface area contributed by atoms with Crippen molar-refractivity contribution in [1.82, 2.24) is 50.4 Å². The van der Waals surface area contributed by atoms with E-state index in [9.17, 15) is 57.8 Å². The number of aliphatic hydroxyl groups is 1. The standard InChI is InChI=1S/C64H82N12O20/c1-6-43-44-34-42(13-14-48(44)69-54-45(43)36-76-50(54)35-47-46(57(76)81)38-94-58(82)64(47,4)88)96-63(87)74(24-28-90-30-32-92-60(84)67-18-19-73-22-26-89-27-23-73)21-20-72(5)62(86)95-37-40-9-11-41(12-10-40)68-55(79)49(8-7-17-66-59(65)83)70-56(80)53(39(2)3)71-61(85)93-33-31-91-29-25-75-51(77)15-16-52(75)78/h9-16,34-35,39,49,53,88H,6-8,17-33,36-38H2,1-5H3,(H,67,84)(H,68,79)(H,70,80)(H,71,85)(H3,65,66,83)/t49-,53-,64?/m0/s1.